The summed E-state index contributed by atoms with van der Waals surface area (Å²) in [6, 6.07) is 5.11. The van der Waals surface area contributed by atoms with Crippen molar-refractivity contribution in [1.29, 1.82) is 0 Å². The van der Waals surface area contributed by atoms with Gasteiger partial charge in [-0.2, -0.15) is 0 Å². The Morgan fingerprint density at radius 1 is 1.25 bits per heavy atom. The lowest BCUT2D eigenvalue weighted by Crippen LogP contribution is -2.36. The SMILES string of the molecule is O=C(O)C1CCCCC1C(=O)Nc1ccc(Br)c(Cl)c1. The number of carbonyl (C=O) groups excluding carboxylic acids is 1. The molecule has 20 heavy (non-hydrogen) atoms. The van der Waals surface area contributed by atoms with E-state index in [0.29, 0.717) is 23.6 Å². The molecule has 0 spiro atoms. The van der Waals surface area contributed by atoms with E-state index in [0.717, 1.165) is 17.3 Å². The van der Waals surface area contributed by atoms with Gasteiger partial charge in [0, 0.05) is 10.2 Å². The number of halogens is 2. The fourth-order valence-electron chi connectivity index (χ4n) is 2.55. The summed E-state index contributed by atoms with van der Waals surface area (Å²) >= 11 is 9.25. The van der Waals surface area contributed by atoms with E-state index in [2.05, 4.69) is 21.2 Å². The molecule has 108 valence electrons. The van der Waals surface area contributed by atoms with Crippen molar-refractivity contribution in [3.8, 4) is 0 Å². The van der Waals surface area contributed by atoms with Gasteiger partial charge in [0.15, 0.2) is 0 Å². The van der Waals surface area contributed by atoms with Crippen molar-refractivity contribution < 1.29 is 14.7 Å². The number of carboxylic acid groups (broad SMARTS) is 1. The van der Waals surface area contributed by atoms with Crippen LogP contribution in [0.25, 0.3) is 0 Å². The normalized spacial score (nSPS) is 22.3. The molecule has 1 aliphatic carbocycles. The minimum absolute atomic E-state index is 0.240. The second-order valence-corrected chi connectivity index (χ2v) is 6.22. The van der Waals surface area contributed by atoms with Crippen molar-refractivity contribution in [3.05, 3.63) is 27.7 Å². The van der Waals surface area contributed by atoms with Gasteiger partial charge in [0.2, 0.25) is 5.91 Å². The zero-order valence-corrected chi connectivity index (χ0v) is 13.1. The lowest BCUT2D eigenvalue weighted by molar-refractivity contribution is -0.147. The number of rotatable bonds is 3. The van der Waals surface area contributed by atoms with Crippen LogP contribution in [0, 0.1) is 11.8 Å². The van der Waals surface area contributed by atoms with Crippen molar-refractivity contribution in [2.75, 3.05) is 5.32 Å². The Morgan fingerprint density at radius 3 is 2.50 bits per heavy atom. The van der Waals surface area contributed by atoms with Crippen LogP contribution in [0.4, 0.5) is 5.69 Å². The first-order valence-electron chi connectivity index (χ1n) is 6.48. The molecule has 2 N–H and O–H groups in total. The smallest absolute Gasteiger partial charge is 0.307 e. The van der Waals surface area contributed by atoms with Gasteiger partial charge in [-0.05, 0) is 47.0 Å². The number of aliphatic carboxylic acids is 1. The maximum atomic E-state index is 12.2. The highest BCUT2D eigenvalue weighted by molar-refractivity contribution is 9.10. The van der Waals surface area contributed by atoms with Gasteiger partial charge in [0.05, 0.1) is 16.9 Å². The van der Waals surface area contributed by atoms with Gasteiger partial charge < -0.3 is 10.4 Å². The zero-order valence-electron chi connectivity index (χ0n) is 10.7. The number of amides is 1. The van der Waals surface area contributed by atoms with Crippen LogP contribution >= 0.6 is 27.5 Å². The summed E-state index contributed by atoms with van der Waals surface area (Å²) in [5.41, 5.74) is 0.581. The van der Waals surface area contributed by atoms with Crippen LogP contribution in [0.2, 0.25) is 5.02 Å². The maximum absolute atomic E-state index is 12.2. The molecule has 1 aromatic carbocycles. The molecular weight excluding hydrogens is 346 g/mol. The number of hydrogen-bond acceptors (Lipinski definition) is 2. The molecule has 2 rings (SSSR count). The quantitative estimate of drug-likeness (QED) is 0.858. The molecule has 0 saturated heterocycles. The average molecular weight is 361 g/mol. The van der Waals surface area contributed by atoms with Crippen molar-refractivity contribution in [2.24, 2.45) is 11.8 Å². The molecule has 4 nitrogen and oxygen atoms in total. The van der Waals surface area contributed by atoms with Crippen LogP contribution in [-0.2, 0) is 9.59 Å². The summed E-state index contributed by atoms with van der Waals surface area (Å²) in [7, 11) is 0. The molecule has 2 atom stereocenters. The number of nitrogens with one attached hydrogen (secondary N) is 1. The second kappa shape index (κ2) is 6.59. The van der Waals surface area contributed by atoms with Gasteiger partial charge in [-0.15, -0.1) is 0 Å². The van der Waals surface area contributed by atoms with Crippen LogP contribution in [-0.4, -0.2) is 17.0 Å². The molecule has 0 heterocycles. The van der Waals surface area contributed by atoms with Crippen LogP contribution in [0.15, 0.2) is 22.7 Å². The number of carbonyl (C=O) groups is 2. The molecule has 1 amide bonds. The number of anilines is 1. The fraction of sp³-hybridized carbons (Fsp3) is 0.429. The minimum Gasteiger partial charge on any atom is -0.481 e. The van der Waals surface area contributed by atoms with Crippen LogP contribution in [0.3, 0.4) is 0 Å². The summed E-state index contributed by atoms with van der Waals surface area (Å²) in [4.78, 5) is 23.5. The van der Waals surface area contributed by atoms with Gasteiger partial charge in [-0.25, -0.2) is 0 Å². The summed E-state index contributed by atoms with van der Waals surface area (Å²) in [6.45, 7) is 0. The number of carboxylic acids is 1. The van der Waals surface area contributed by atoms with Crippen molar-refractivity contribution in [3.63, 3.8) is 0 Å². The summed E-state index contributed by atoms with van der Waals surface area (Å²) in [5, 5.41) is 12.5. The van der Waals surface area contributed by atoms with E-state index >= 15 is 0 Å². The topological polar surface area (TPSA) is 66.4 Å². The summed E-state index contributed by atoms with van der Waals surface area (Å²) in [6.07, 6.45) is 2.94. The maximum Gasteiger partial charge on any atom is 0.307 e. The molecule has 0 aliphatic heterocycles. The average Bonchev–Trinajstić information content (AvgIpc) is 2.43. The molecule has 0 radical (unpaired) electrons. The monoisotopic (exact) mass is 359 g/mol. The fourth-order valence-corrected chi connectivity index (χ4v) is 2.98. The zero-order chi connectivity index (χ0) is 14.7. The van der Waals surface area contributed by atoms with Crippen LogP contribution in [0.1, 0.15) is 25.7 Å². The minimum atomic E-state index is -0.890. The predicted octanol–water partition coefficient (Wildman–Crippen LogP) is 3.93. The third-order valence-corrected chi connectivity index (χ3v) is 4.84. The Hall–Kier alpha value is -1.07. The van der Waals surface area contributed by atoms with E-state index in [9.17, 15) is 14.7 Å². The van der Waals surface area contributed by atoms with Crippen LogP contribution < -0.4 is 5.32 Å². The third-order valence-electron chi connectivity index (χ3n) is 3.61. The van der Waals surface area contributed by atoms with E-state index < -0.39 is 17.8 Å². The first-order valence-corrected chi connectivity index (χ1v) is 7.65. The molecule has 1 aliphatic rings. The Labute approximate surface area is 130 Å². The van der Waals surface area contributed by atoms with Crippen LogP contribution in [0.5, 0.6) is 0 Å². The highest BCUT2D eigenvalue weighted by atomic mass is 79.9. The largest absolute Gasteiger partial charge is 0.481 e. The van der Waals surface area contributed by atoms with Crippen molar-refractivity contribution in [1.82, 2.24) is 0 Å². The lowest BCUT2D eigenvalue weighted by Gasteiger charge is -2.27. The Balaban J connectivity index is 2.09. The number of hydrogen-bond donors (Lipinski definition) is 2. The predicted molar refractivity (Wildman–Crippen MR) is 80.9 cm³/mol. The van der Waals surface area contributed by atoms with E-state index in [1.54, 1.807) is 18.2 Å². The van der Waals surface area contributed by atoms with Gasteiger partial charge in [0.25, 0.3) is 0 Å². The molecule has 1 fully saturated rings. The highest BCUT2D eigenvalue weighted by Crippen LogP contribution is 2.32. The molecule has 0 aromatic heterocycles. The first kappa shape index (κ1) is 15.3. The molecule has 0 bridgehead atoms. The van der Waals surface area contributed by atoms with E-state index in [1.165, 1.54) is 0 Å². The Morgan fingerprint density at radius 2 is 1.90 bits per heavy atom. The van der Waals surface area contributed by atoms with Gasteiger partial charge in [-0.1, -0.05) is 24.4 Å². The molecule has 1 saturated carbocycles. The second-order valence-electron chi connectivity index (χ2n) is 4.95. The molecule has 6 heteroatoms. The molecule has 1 aromatic rings. The third kappa shape index (κ3) is 3.52. The van der Waals surface area contributed by atoms with Gasteiger partial charge >= 0.3 is 5.97 Å². The van der Waals surface area contributed by atoms with Gasteiger partial charge in [0.1, 0.15) is 0 Å². The van der Waals surface area contributed by atoms with Gasteiger partial charge in [-0.3, -0.25) is 9.59 Å². The Kier molecular flexibility index (Phi) is 5.05. The van der Waals surface area contributed by atoms with Crippen molar-refractivity contribution in [2.45, 2.75) is 25.7 Å². The first-order chi connectivity index (χ1) is 9.49. The van der Waals surface area contributed by atoms with E-state index in [4.69, 9.17) is 11.6 Å². The Bertz CT molecular complexity index is 535. The standard InChI is InChI=1S/C14H15BrClNO3/c15-11-6-5-8(7-12(11)16)17-13(18)9-3-1-2-4-10(9)14(19)20/h5-7,9-10H,1-4H2,(H,17,18)(H,19,20). The molecular formula is C14H15BrClNO3. The molecule has 2 unspecified atom stereocenters. The van der Waals surface area contributed by atoms with Crippen molar-refractivity contribution >= 4 is 45.1 Å². The summed E-state index contributed by atoms with van der Waals surface area (Å²) in [5.74, 6) is -2.19. The van der Waals surface area contributed by atoms with E-state index in [-0.39, 0.29) is 5.91 Å². The number of benzene rings is 1. The lowest BCUT2D eigenvalue weighted by atomic mass is 9.78. The van der Waals surface area contributed by atoms with E-state index in [1.807, 2.05) is 0 Å². The highest BCUT2D eigenvalue weighted by Gasteiger charge is 2.35. The summed E-state index contributed by atoms with van der Waals surface area (Å²) < 4.78 is 0.748.